The van der Waals surface area contributed by atoms with E-state index >= 15 is 0 Å². The van der Waals surface area contributed by atoms with Crippen LogP contribution in [0.5, 0.6) is 0 Å². The number of benzene rings is 1. The summed E-state index contributed by atoms with van der Waals surface area (Å²) >= 11 is 3.98. The van der Waals surface area contributed by atoms with Crippen molar-refractivity contribution in [1.82, 2.24) is 0 Å². The minimum atomic E-state index is -1.09. The Labute approximate surface area is 85.6 Å². The van der Waals surface area contributed by atoms with E-state index in [0.717, 1.165) is 0 Å². The first kappa shape index (κ1) is 10.6. The molecule has 0 spiro atoms. The van der Waals surface area contributed by atoms with Gasteiger partial charge in [0.05, 0.1) is 12.0 Å². The molecule has 14 heavy (non-hydrogen) atoms. The van der Waals surface area contributed by atoms with E-state index < -0.39 is 11.9 Å². The Morgan fingerprint density at radius 2 is 1.86 bits per heavy atom. The largest absolute Gasteiger partial charge is 0.481 e. The van der Waals surface area contributed by atoms with Gasteiger partial charge in [0.15, 0.2) is 0 Å². The second kappa shape index (κ2) is 4.15. The summed E-state index contributed by atoms with van der Waals surface area (Å²) in [6, 6.07) is 4.23. The predicted molar refractivity (Wildman–Crippen MR) is 52.0 cm³/mol. The molecule has 0 amide bonds. The van der Waals surface area contributed by atoms with Gasteiger partial charge in [-0.1, -0.05) is 0 Å². The van der Waals surface area contributed by atoms with Crippen molar-refractivity contribution in [2.24, 2.45) is 0 Å². The van der Waals surface area contributed by atoms with Gasteiger partial charge in [0.1, 0.15) is 0 Å². The Morgan fingerprint density at radius 1 is 1.21 bits per heavy atom. The molecule has 1 rings (SSSR count). The van der Waals surface area contributed by atoms with Crippen molar-refractivity contribution in [3.05, 3.63) is 29.3 Å². The second-order valence-corrected chi connectivity index (χ2v) is 3.28. The fourth-order valence-electron chi connectivity index (χ4n) is 1.07. The van der Waals surface area contributed by atoms with Gasteiger partial charge in [-0.3, -0.25) is 4.79 Å². The smallest absolute Gasteiger partial charge is 0.335 e. The van der Waals surface area contributed by atoms with Crippen molar-refractivity contribution in [2.75, 3.05) is 0 Å². The lowest BCUT2D eigenvalue weighted by molar-refractivity contribution is -0.136. The first-order chi connectivity index (χ1) is 6.49. The molecule has 0 heterocycles. The number of aromatic carboxylic acids is 1. The summed E-state index contributed by atoms with van der Waals surface area (Å²) in [6.45, 7) is 0. The number of carbonyl (C=O) groups is 2. The summed E-state index contributed by atoms with van der Waals surface area (Å²) in [4.78, 5) is 21.4. The summed E-state index contributed by atoms with van der Waals surface area (Å²) in [5, 5.41) is 17.2. The van der Waals surface area contributed by atoms with Crippen LogP contribution >= 0.6 is 12.6 Å². The Hall–Kier alpha value is -1.49. The van der Waals surface area contributed by atoms with Crippen LogP contribution in [0, 0.1) is 0 Å². The topological polar surface area (TPSA) is 74.6 Å². The van der Waals surface area contributed by atoms with E-state index in [-0.39, 0.29) is 12.0 Å². The number of hydrogen-bond acceptors (Lipinski definition) is 3. The van der Waals surface area contributed by atoms with E-state index in [9.17, 15) is 9.59 Å². The van der Waals surface area contributed by atoms with Crippen molar-refractivity contribution in [2.45, 2.75) is 11.3 Å². The van der Waals surface area contributed by atoms with Crippen molar-refractivity contribution in [3.63, 3.8) is 0 Å². The highest BCUT2D eigenvalue weighted by Crippen LogP contribution is 2.14. The maximum Gasteiger partial charge on any atom is 0.335 e. The molecule has 0 saturated heterocycles. The molecule has 0 aliphatic rings. The number of carboxylic acids is 2. The summed E-state index contributed by atoms with van der Waals surface area (Å²) in [5.74, 6) is -2.09. The van der Waals surface area contributed by atoms with Crippen LogP contribution < -0.4 is 0 Å². The summed E-state index contributed by atoms with van der Waals surface area (Å²) in [5.41, 5.74) is 0.483. The molecule has 4 nitrogen and oxygen atoms in total. The average molecular weight is 212 g/mol. The average Bonchev–Trinajstić information content (AvgIpc) is 2.01. The molecular formula is C9H8O4S. The normalized spacial score (nSPS) is 9.79. The zero-order valence-electron chi connectivity index (χ0n) is 7.10. The fourth-order valence-corrected chi connectivity index (χ4v) is 1.38. The molecule has 0 aliphatic carbocycles. The van der Waals surface area contributed by atoms with E-state index in [1.54, 1.807) is 0 Å². The lowest BCUT2D eigenvalue weighted by Crippen LogP contribution is -2.03. The molecule has 2 N–H and O–H groups in total. The molecule has 0 saturated carbocycles. The minimum Gasteiger partial charge on any atom is -0.481 e. The van der Waals surface area contributed by atoms with Crippen molar-refractivity contribution in [3.8, 4) is 0 Å². The second-order valence-electron chi connectivity index (χ2n) is 2.76. The van der Waals surface area contributed by atoms with Gasteiger partial charge in [0.25, 0.3) is 0 Å². The van der Waals surface area contributed by atoms with Gasteiger partial charge in [0.2, 0.25) is 0 Å². The monoisotopic (exact) mass is 212 g/mol. The van der Waals surface area contributed by atoms with Crippen molar-refractivity contribution in [1.29, 1.82) is 0 Å². The Morgan fingerprint density at radius 3 is 2.36 bits per heavy atom. The highest BCUT2D eigenvalue weighted by molar-refractivity contribution is 7.80. The van der Waals surface area contributed by atoms with Gasteiger partial charge in [-0.05, 0) is 23.8 Å². The standard InChI is InChI=1S/C9H8O4S/c10-8(11)3-5-1-6(9(12)13)4-7(14)2-5/h1-2,4,14H,3H2,(H,10,11)(H,12,13). The van der Waals surface area contributed by atoms with Crippen LogP contribution in [0.15, 0.2) is 23.1 Å². The molecule has 1 aromatic rings. The van der Waals surface area contributed by atoms with Crippen LogP contribution in [0.3, 0.4) is 0 Å². The molecule has 74 valence electrons. The first-order valence-corrected chi connectivity index (χ1v) is 4.22. The number of aliphatic carboxylic acids is 1. The van der Waals surface area contributed by atoms with E-state index in [1.165, 1.54) is 18.2 Å². The third-order valence-electron chi connectivity index (χ3n) is 1.58. The number of rotatable bonds is 3. The van der Waals surface area contributed by atoms with Gasteiger partial charge >= 0.3 is 11.9 Å². The van der Waals surface area contributed by atoms with E-state index in [4.69, 9.17) is 10.2 Å². The molecule has 0 bridgehead atoms. The summed E-state index contributed by atoms with van der Waals surface area (Å²) < 4.78 is 0. The van der Waals surface area contributed by atoms with Gasteiger partial charge in [-0.15, -0.1) is 12.6 Å². The van der Waals surface area contributed by atoms with Crippen molar-refractivity contribution >= 4 is 24.6 Å². The van der Waals surface area contributed by atoms with E-state index in [0.29, 0.717) is 10.5 Å². The van der Waals surface area contributed by atoms with Gasteiger partial charge in [0, 0.05) is 4.90 Å². The molecular weight excluding hydrogens is 204 g/mol. The minimum absolute atomic E-state index is 0.0498. The summed E-state index contributed by atoms with van der Waals surface area (Å²) in [6.07, 6.45) is -0.200. The zero-order valence-corrected chi connectivity index (χ0v) is 7.99. The van der Waals surface area contributed by atoms with Gasteiger partial charge in [-0.2, -0.15) is 0 Å². The highest BCUT2D eigenvalue weighted by atomic mass is 32.1. The van der Waals surface area contributed by atoms with Crippen LogP contribution in [0.1, 0.15) is 15.9 Å². The van der Waals surface area contributed by atoms with Crippen LogP contribution in [0.4, 0.5) is 0 Å². The quantitative estimate of drug-likeness (QED) is 0.660. The molecule has 0 aliphatic heterocycles. The Bertz CT molecular complexity index is 386. The lowest BCUT2D eigenvalue weighted by Gasteiger charge is -2.01. The lowest BCUT2D eigenvalue weighted by atomic mass is 10.1. The number of hydrogen-bond donors (Lipinski definition) is 3. The third-order valence-corrected chi connectivity index (χ3v) is 1.84. The van der Waals surface area contributed by atoms with Crippen LogP contribution in [-0.2, 0) is 11.2 Å². The van der Waals surface area contributed by atoms with Crippen LogP contribution in [0.2, 0.25) is 0 Å². The van der Waals surface area contributed by atoms with Gasteiger partial charge < -0.3 is 10.2 Å². The number of thiol groups is 1. The third kappa shape index (κ3) is 2.77. The van der Waals surface area contributed by atoms with Gasteiger partial charge in [-0.25, -0.2) is 4.79 Å². The Balaban J connectivity index is 3.07. The number of carboxylic acid groups (broad SMARTS) is 2. The maximum atomic E-state index is 10.6. The fraction of sp³-hybridized carbons (Fsp3) is 0.111. The molecule has 0 radical (unpaired) electrons. The van der Waals surface area contributed by atoms with Crippen LogP contribution in [-0.4, -0.2) is 22.2 Å². The molecule has 0 unspecified atom stereocenters. The molecule has 0 atom stereocenters. The molecule has 5 heteroatoms. The summed E-state index contributed by atoms with van der Waals surface area (Å²) in [7, 11) is 0. The molecule has 1 aromatic carbocycles. The predicted octanol–water partition coefficient (Wildman–Crippen LogP) is 1.30. The van der Waals surface area contributed by atoms with E-state index in [1.807, 2.05) is 0 Å². The zero-order chi connectivity index (χ0) is 10.7. The van der Waals surface area contributed by atoms with E-state index in [2.05, 4.69) is 12.6 Å². The molecule has 0 aromatic heterocycles. The van der Waals surface area contributed by atoms with Crippen LogP contribution in [0.25, 0.3) is 0 Å². The first-order valence-electron chi connectivity index (χ1n) is 3.77. The van der Waals surface area contributed by atoms with Crippen molar-refractivity contribution < 1.29 is 19.8 Å². The maximum absolute atomic E-state index is 10.6. The molecule has 0 fully saturated rings. The Kier molecular flexibility index (Phi) is 3.14. The highest BCUT2D eigenvalue weighted by Gasteiger charge is 2.07. The SMILES string of the molecule is O=C(O)Cc1cc(S)cc(C(=O)O)c1.